The Balaban J connectivity index is 3.00. The fraction of sp³-hybridized carbons (Fsp3) is 0.300. The summed E-state index contributed by atoms with van der Waals surface area (Å²) in [5.74, 6) is -1.71. The van der Waals surface area contributed by atoms with Crippen LogP contribution in [-0.4, -0.2) is 27.3 Å². The van der Waals surface area contributed by atoms with Gasteiger partial charge in [-0.1, -0.05) is 6.07 Å². The van der Waals surface area contributed by atoms with Gasteiger partial charge >= 0.3 is 0 Å². The minimum Gasteiger partial charge on any atom is -0.392 e. The van der Waals surface area contributed by atoms with Crippen molar-refractivity contribution in [3.8, 4) is 0 Å². The molecular weight excluding hydrogens is 217 g/mol. The molecule has 2 atom stereocenters. The van der Waals surface area contributed by atoms with E-state index < -0.39 is 30.5 Å². The molecule has 0 aliphatic carbocycles. The molecule has 0 aliphatic rings. The molecule has 88 valence electrons. The third-order valence-corrected chi connectivity index (χ3v) is 2.17. The number of aliphatic hydroxyl groups is 3. The summed E-state index contributed by atoms with van der Waals surface area (Å²) in [6.07, 6.45) is -3.31. The third kappa shape index (κ3) is 2.54. The van der Waals surface area contributed by atoms with Crippen molar-refractivity contribution in [2.24, 2.45) is 5.73 Å². The lowest BCUT2D eigenvalue weighted by Gasteiger charge is -2.15. The number of rotatable bonds is 4. The van der Waals surface area contributed by atoms with Gasteiger partial charge in [-0.2, -0.15) is 0 Å². The van der Waals surface area contributed by atoms with Crippen LogP contribution in [0.25, 0.3) is 0 Å². The van der Waals surface area contributed by atoms with E-state index in [4.69, 9.17) is 10.8 Å². The summed E-state index contributed by atoms with van der Waals surface area (Å²) in [7, 11) is 0. The van der Waals surface area contributed by atoms with Crippen LogP contribution in [0.5, 0.6) is 0 Å². The summed E-state index contributed by atoms with van der Waals surface area (Å²) < 4.78 is 13.0. The van der Waals surface area contributed by atoms with E-state index in [1.54, 1.807) is 0 Å². The molecule has 5 nitrogen and oxygen atoms in total. The molecule has 2 unspecified atom stereocenters. The fourth-order valence-electron chi connectivity index (χ4n) is 1.24. The van der Waals surface area contributed by atoms with Crippen LogP contribution in [0.2, 0.25) is 0 Å². The molecule has 16 heavy (non-hydrogen) atoms. The molecule has 6 heteroatoms. The van der Waals surface area contributed by atoms with Crippen molar-refractivity contribution in [3.63, 3.8) is 0 Å². The largest absolute Gasteiger partial charge is 0.392 e. The maximum Gasteiger partial charge on any atom is 0.249 e. The normalized spacial score (nSPS) is 14.5. The van der Waals surface area contributed by atoms with E-state index in [2.05, 4.69) is 0 Å². The Hall–Kier alpha value is -1.50. The molecule has 5 N–H and O–H groups in total. The van der Waals surface area contributed by atoms with Gasteiger partial charge in [0.1, 0.15) is 11.9 Å². The first-order valence-electron chi connectivity index (χ1n) is 4.52. The first-order valence-corrected chi connectivity index (χ1v) is 4.52. The second-order valence-electron chi connectivity index (χ2n) is 3.30. The van der Waals surface area contributed by atoms with Crippen molar-refractivity contribution in [2.45, 2.75) is 18.8 Å². The average Bonchev–Trinajstić information content (AvgIpc) is 2.27. The molecule has 1 rings (SSSR count). The van der Waals surface area contributed by atoms with Gasteiger partial charge in [0.05, 0.1) is 6.61 Å². The number of carbonyl (C=O) groups excluding carboxylic acids is 1. The summed E-state index contributed by atoms with van der Waals surface area (Å²) in [5, 5.41) is 27.5. The highest BCUT2D eigenvalue weighted by atomic mass is 19.1. The Bertz CT molecular complexity index is 396. The Labute approximate surface area is 90.9 Å². The highest BCUT2D eigenvalue weighted by Crippen LogP contribution is 2.20. The molecule has 0 aromatic heterocycles. The van der Waals surface area contributed by atoms with E-state index >= 15 is 0 Å². The number of halogens is 1. The predicted octanol–water partition coefficient (Wildman–Crippen LogP) is -0.802. The number of hydrogen-bond donors (Lipinski definition) is 4. The Morgan fingerprint density at radius 1 is 1.44 bits per heavy atom. The van der Waals surface area contributed by atoms with Crippen LogP contribution in [0, 0.1) is 5.82 Å². The molecular formula is C10H12FNO4. The molecule has 0 aliphatic heterocycles. The Kier molecular flexibility index (Phi) is 3.94. The van der Waals surface area contributed by atoms with Crippen molar-refractivity contribution in [3.05, 3.63) is 35.1 Å². The van der Waals surface area contributed by atoms with Gasteiger partial charge in [-0.15, -0.1) is 0 Å². The van der Waals surface area contributed by atoms with Crippen molar-refractivity contribution in [2.75, 3.05) is 0 Å². The molecule has 0 saturated carbocycles. The quantitative estimate of drug-likeness (QED) is 0.542. The van der Waals surface area contributed by atoms with Crippen LogP contribution in [0.4, 0.5) is 4.39 Å². The summed E-state index contributed by atoms with van der Waals surface area (Å²) in [4.78, 5) is 10.6. The number of nitrogens with two attached hydrogens (primary N) is 1. The van der Waals surface area contributed by atoms with E-state index in [1.807, 2.05) is 0 Å². The van der Waals surface area contributed by atoms with Gasteiger partial charge in [0.15, 0.2) is 6.10 Å². The summed E-state index contributed by atoms with van der Waals surface area (Å²) in [6.45, 7) is -0.543. The summed E-state index contributed by atoms with van der Waals surface area (Å²) in [5.41, 5.74) is 4.88. The van der Waals surface area contributed by atoms with Gasteiger partial charge in [0.2, 0.25) is 5.91 Å². The second kappa shape index (κ2) is 5.02. The number of aliphatic hydroxyl groups excluding tert-OH is 3. The van der Waals surface area contributed by atoms with E-state index in [9.17, 15) is 19.4 Å². The molecule has 1 aromatic rings. The van der Waals surface area contributed by atoms with Gasteiger partial charge in [-0.3, -0.25) is 4.79 Å². The lowest BCUT2D eigenvalue weighted by Crippen LogP contribution is -2.33. The molecule has 0 spiro atoms. The molecule has 0 radical (unpaired) electrons. The van der Waals surface area contributed by atoms with Gasteiger partial charge < -0.3 is 21.1 Å². The summed E-state index contributed by atoms with van der Waals surface area (Å²) in [6, 6.07) is 3.38. The lowest BCUT2D eigenvalue weighted by molar-refractivity contribution is -0.131. The molecule has 1 amide bonds. The van der Waals surface area contributed by atoms with Crippen molar-refractivity contribution in [1.29, 1.82) is 0 Å². The SMILES string of the molecule is NC(=O)C(O)C(O)c1ccc(F)c(CO)c1. The van der Waals surface area contributed by atoms with E-state index in [0.29, 0.717) is 0 Å². The highest BCUT2D eigenvalue weighted by Gasteiger charge is 2.23. The predicted molar refractivity (Wildman–Crippen MR) is 52.5 cm³/mol. The lowest BCUT2D eigenvalue weighted by atomic mass is 10.0. The molecule has 0 saturated heterocycles. The standard InChI is InChI=1S/C10H12FNO4/c11-7-2-1-5(3-6(7)4-13)8(14)9(15)10(12)16/h1-3,8-9,13-15H,4H2,(H2,12,16). The maximum atomic E-state index is 13.0. The molecule has 0 heterocycles. The first-order chi connectivity index (χ1) is 7.47. The van der Waals surface area contributed by atoms with Gasteiger partial charge in [0.25, 0.3) is 0 Å². The second-order valence-corrected chi connectivity index (χ2v) is 3.30. The number of benzene rings is 1. The van der Waals surface area contributed by atoms with Crippen molar-refractivity contribution >= 4 is 5.91 Å². The number of carbonyl (C=O) groups is 1. The highest BCUT2D eigenvalue weighted by molar-refractivity contribution is 5.79. The minimum atomic E-state index is -1.77. The zero-order valence-electron chi connectivity index (χ0n) is 8.30. The fourth-order valence-corrected chi connectivity index (χ4v) is 1.24. The van der Waals surface area contributed by atoms with E-state index in [-0.39, 0.29) is 11.1 Å². The van der Waals surface area contributed by atoms with Crippen LogP contribution in [0.3, 0.4) is 0 Å². The Morgan fingerprint density at radius 2 is 2.06 bits per heavy atom. The van der Waals surface area contributed by atoms with Crippen LogP contribution in [0.15, 0.2) is 18.2 Å². The third-order valence-electron chi connectivity index (χ3n) is 2.17. The smallest absolute Gasteiger partial charge is 0.249 e. The summed E-state index contributed by atoms with van der Waals surface area (Å²) >= 11 is 0. The maximum absolute atomic E-state index is 13.0. The number of primary amides is 1. The van der Waals surface area contributed by atoms with Crippen LogP contribution in [0.1, 0.15) is 17.2 Å². The number of amides is 1. The monoisotopic (exact) mass is 229 g/mol. The average molecular weight is 229 g/mol. The zero-order chi connectivity index (χ0) is 12.3. The number of hydrogen-bond acceptors (Lipinski definition) is 4. The van der Waals surface area contributed by atoms with Gasteiger partial charge in [0, 0.05) is 5.56 Å². The van der Waals surface area contributed by atoms with Crippen LogP contribution in [-0.2, 0) is 11.4 Å². The van der Waals surface area contributed by atoms with Crippen LogP contribution < -0.4 is 5.73 Å². The molecule has 1 aromatic carbocycles. The van der Waals surface area contributed by atoms with E-state index in [1.165, 1.54) is 6.07 Å². The topological polar surface area (TPSA) is 104 Å². The van der Waals surface area contributed by atoms with Crippen LogP contribution >= 0.6 is 0 Å². The van der Waals surface area contributed by atoms with E-state index in [0.717, 1.165) is 12.1 Å². The van der Waals surface area contributed by atoms with Gasteiger partial charge in [-0.05, 0) is 17.7 Å². The molecule has 0 bridgehead atoms. The first kappa shape index (κ1) is 12.6. The van der Waals surface area contributed by atoms with Crippen molar-refractivity contribution < 1.29 is 24.5 Å². The zero-order valence-corrected chi connectivity index (χ0v) is 8.30. The van der Waals surface area contributed by atoms with Gasteiger partial charge in [-0.25, -0.2) is 4.39 Å². The Morgan fingerprint density at radius 3 is 2.56 bits per heavy atom. The minimum absolute atomic E-state index is 0.0341. The van der Waals surface area contributed by atoms with Crippen molar-refractivity contribution in [1.82, 2.24) is 0 Å². The molecule has 0 fully saturated rings.